The second kappa shape index (κ2) is 8.07. The van der Waals surface area contributed by atoms with E-state index in [-0.39, 0.29) is 30.7 Å². The lowest BCUT2D eigenvalue weighted by Gasteiger charge is -2.31. The Labute approximate surface area is 170 Å². The minimum atomic E-state index is -0.499. The van der Waals surface area contributed by atoms with Gasteiger partial charge < -0.3 is 5.32 Å². The first-order valence-corrected chi connectivity index (χ1v) is 10.1. The van der Waals surface area contributed by atoms with Crippen molar-refractivity contribution >= 4 is 17.7 Å². The number of hydrogen-bond donors (Lipinski definition) is 1. The summed E-state index contributed by atoms with van der Waals surface area (Å²) in [5.74, 6) is -0.462. The van der Waals surface area contributed by atoms with Gasteiger partial charge in [-0.3, -0.25) is 19.4 Å². The van der Waals surface area contributed by atoms with Gasteiger partial charge in [-0.15, -0.1) is 0 Å². The number of carbonyl (C=O) groups is 3. The molecule has 2 fully saturated rings. The first kappa shape index (κ1) is 19.2. The van der Waals surface area contributed by atoms with Crippen LogP contribution in [0.25, 0.3) is 0 Å². The van der Waals surface area contributed by atoms with E-state index in [0.717, 1.165) is 30.4 Å². The predicted octanol–water partition coefficient (Wildman–Crippen LogP) is 2.05. The number of carbonyl (C=O) groups excluding carboxylic acids is 3. The smallest absolute Gasteiger partial charge is 0.260 e. The van der Waals surface area contributed by atoms with Crippen LogP contribution in [0.15, 0.2) is 60.7 Å². The molecule has 29 heavy (non-hydrogen) atoms. The Morgan fingerprint density at radius 1 is 0.862 bits per heavy atom. The number of nitrogens with one attached hydrogen (secondary N) is 1. The number of nitrogens with zero attached hydrogens (tertiary/aromatic N) is 2. The van der Waals surface area contributed by atoms with E-state index in [1.807, 2.05) is 60.7 Å². The molecule has 2 aliphatic rings. The van der Waals surface area contributed by atoms with Gasteiger partial charge in [0.1, 0.15) is 0 Å². The number of amides is 3. The summed E-state index contributed by atoms with van der Waals surface area (Å²) in [6.07, 6.45) is 2.60. The number of hydrazine groups is 1. The maximum atomic E-state index is 13.3. The highest BCUT2D eigenvalue weighted by molar-refractivity contribution is 5.94. The molecule has 2 aromatic rings. The van der Waals surface area contributed by atoms with Crippen LogP contribution >= 0.6 is 0 Å². The topological polar surface area (TPSA) is 69.7 Å². The second-order valence-corrected chi connectivity index (χ2v) is 7.69. The first-order chi connectivity index (χ1) is 14.1. The standard InChI is InChI=1S/C23H25N3O3/c27-20(16-18-8-3-1-4-9-18)24-17-21(28)25-14-7-15-26(25)22(29)23(12-13-23)19-10-5-2-6-11-19/h1-6,8-11H,7,12-17H2,(H,24,27). The minimum Gasteiger partial charge on any atom is -0.347 e. The van der Waals surface area contributed by atoms with Crippen LogP contribution in [0.2, 0.25) is 0 Å². The Balaban J connectivity index is 1.36. The molecule has 0 aromatic heterocycles. The summed E-state index contributed by atoms with van der Waals surface area (Å²) >= 11 is 0. The third kappa shape index (κ3) is 4.01. The molecule has 0 unspecified atom stereocenters. The molecule has 1 saturated carbocycles. The molecular weight excluding hydrogens is 366 g/mol. The van der Waals surface area contributed by atoms with Gasteiger partial charge in [0.2, 0.25) is 5.91 Å². The molecule has 1 saturated heterocycles. The summed E-state index contributed by atoms with van der Waals surface area (Å²) < 4.78 is 0. The highest BCUT2D eigenvalue weighted by atomic mass is 16.2. The SMILES string of the molecule is O=C(Cc1ccccc1)NCC(=O)N1CCCN1C(=O)C1(c2ccccc2)CC1. The molecule has 4 rings (SSSR count). The zero-order chi connectivity index (χ0) is 20.3. The zero-order valence-corrected chi connectivity index (χ0v) is 16.3. The number of rotatable bonds is 6. The molecule has 3 amide bonds. The first-order valence-electron chi connectivity index (χ1n) is 10.1. The van der Waals surface area contributed by atoms with E-state index in [0.29, 0.717) is 13.1 Å². The fraction of sp³-hybridized carbons (Fsp3) is 0.348. The van der Waals surface area contributed by atoms with Gasteiger partial charge in [-0.2, -0.15) is 0 Å². The van der Waals surface area contributed by atoms with Gasteiger partial charge in [0, 0.05) is 13.1 Å². The lowest BCUT2D eigenvalue weighted by Crippen LogP contribution is -2.51. The summed E-state index contributed by atoms with van der Waals surface area (Å²) in [6, 6.07) is 19.2. The van der Waals surface area contributed by atoms with E-state index < -0.39 is 5.41 Å². The molecule has 1 aliphatic carbocycles. The third-order valence-corrected chi connectivity index (χ3v) is 5.68. The molecule has 2 aromatic carbocycles. The molecule has 0 spiro atoms. The molecule has 6 nitrogen and oxygen atoms in total. The Morgan fingerprint density at radius 3 is 2.14 bits per heavy atom. The van der Waals surface area contributed by atoms with Crippen molar-refractivity contribution in [2.75, 3.05) is 19.6 Å². The van der Waals surface area contributed by atoms with Gasteiger partial charge in [0.15, 0.2) is 0 Å². The van der Waals surface area contributed by atoms with Crippen LogP contribution in [0, 0.1) is 0 Å². The second-order valence-electron chi connectivity index (χ2n) is 7.69. The van der Waals surface area contributed by atoms with Gasteiger partial charge in [-0.1, -0.05) is 60.7 Å². The maximum absolute atomic E-state index is 13.3. The van der Waals surface area contributed by atoms with Gasteiger partial charge in [-0.25, -0.2) is 5.01 Å². The third-order valence-electron chi connectivity index (χ3n) is 5.68. The summed E-state index contributed by atoms with van der Waals surface area (Å²) in [5.41, 5.74) is 1.41. The molecule has 1 aliphatic heterocycles. The molecule has 0 bridgehead atoms. The van der Waals surface area contributed by atoms with Crippen molar-refractivity contribution < 1.29 is 14.4 Å². The summed E-state index contributed by atoms with van der Waals surface area (Å²) in [7, 11) is 0. The number of benzene rings is 2. The monoisotopic (exact) mass is 391 g/mol. The van der Waals surface area contributed by atoms with Crippen LogP contribution in [0.5, 0.6) is 0 Å². The maximum Gasteiger partial charge on any atom is 0.260 e. The highest BCUT2D eigenvalue weighted by Gasteiger charge is 2.54. The van der Waals surface area contributed by atoms with Crippen molar-refractivity contribution in [1.29, 1.82) is 0 Å². The molecule has 150 valence electrons. The molecule has 1 N–H and O–H groups in total. The average Bonchev–Trinajstić information content (AvgIpc) is 3.42. The van der Waals surface area contributed by atoms with Crippen molar-refractivity contribution in [2.24, 2.45) is 0 Å². The van der Waals surface area contributed by atoms with Crippen LogP contribution < -0.4 is 5.32 Å². The largest absolute Gasteiger partial charge is 0.347 e. The van der Waals surface area contributed by atoms with Crippen molar-refractivity contribution in [2.45, 2.75) is 31.1 Å². The van der Waals surface area contributed by atoms with Crippen LogP contribution in [-0.2, 0) is 26.2 Å². The highest BCUT2D eigenvalue weighted by Crippen LogP contribution is 2.50. The Morgan fingerprint density at radius 2 is 1.48 bits per heavy atom. The van der Waals surface area contributed by atoms with Gasteiger partial charge >= 0.3 is 0 Å². The van der Waals surface area contributed by atoms with E-state index in [4.69, 9.17) is 0 Å². The van der Waals surface area contributed by atoms with Crippen molar-refractivity contribution in [3.8, 4) is 0 Å². The molecule has 0 atom stereocenters. The van der Waals surface area contributed by atoms with Gasteiger partial charge in [0.05, 0.1) is 18.4 Å². The van der Waals surface area contributed by atoms with E-state index in [1.54, 1.807) is 5.01 Å². The lowest BCUT2D eigenvalue weighted by atomic mass is 9.95. The van der Waals surface area contributed by atoms with E-state index in [1.165, 1.54) is 5.01 Å². The summed E-state index contributed by atoms with van der Waals surface area (Å²) in [5, 5.41) is 5.78. The van der Waals surface area contributed by atoms with E-state index >= 15 is 0 Å². The van der Waals surface area contributed by atoms with Crippen LogP contribution in [0.3, 0.4) is 0 Å². The van der Waals surface area contributed by atoms with Crippen molar-refractivity contribution in [3.05, 3.63) is 71.8 Å². The molecule has 6 heteroatoms. The normalized spacial score (nSPS) is 17.1. The molecule has 0 radical (unpaired) electrons. The van der Waals surface area contributed by atoms with Gasteiger partial charge in [-0.05, 0) is 30.4 Å². The quantitative estimate of drug-likeness (QED) is 0.819. The Bertz CT molecular complexity index is 894. The van der Waals surface area contributed by atoms with Crippen molar-refractivity contribution in [3.63, 3.8) is 0 Å². The summed E-state index contributed by atoms with van der Waals surface area (Å²) in [4.78, 5) is 38.1. The predicted molar refractivity (Wildman–Crippen MR) is 109 cm³/mol. The Kier molecular flexibility index (Phi) is 5.34. The fourth-order valence-corrected chi connectivity index (χ4v) is 3.95. The van der Waals surface area contributed by atoms with E-state index in [2.05, 4.69) is 5.32 Å². The van der Waals surface area contributed by atoms with Crippen molar-refractivity contribution in [1.82, 2.24) is 15.3 Å². The zero-order valence-electron chi connectivity index (χ0n) is 16.3. The van der Waals surface area contributed by atoms with Crippen LogP contribution in [-0.4, -0.2) is 47.4 Å². The average molecular weight is 391 g/mol. The minimum absolute atomic E-state index is 0.00911. The summed E-state index contributed by atoms with van der Waals surface area (Å²) in [6.45, 7) is 0.939. The fourth-order valence-electron chi connectivity index (χ4n) is 3.95. The number of hydrogen-bond acceptors (Lipinski definition) is 3. The van der Waals surface area contributed by atoms with Crippen LogP contribution in [0.1, 0.15) is 30.4 Å². The van der Waals surface area contributed by atoms with E-state index in [9.17, 15) is 14.4 Å². The molecular formula is C23H25N3O3. The lowest BCUT2D eigenvalue weighted by molar-refractivity contribution is -0.159. The van der Waals surface area contributed by atoms with Crippen LogP contribution in [0.4, 0.5) is 0 Å². The van der Waals surface area contributed by atoms with Gasteiger partial charge in [0.25, 0.3) is 11.8 Å². The molecule has 1 heterocycles. The Hall–Kier alpha value is -3.15.